The van der Waals surface area contributed by atoms with Gasteiger partial charge in [0, 0.05) is 13.0 Å². The Morgan fingerprint density at radius 2 is 0.852 bits per heavy atom. The highest BCUT2D eigenvalue weighted by molar-refractivity contribution is 7.45. The molecule has 0 fully saturated rings. The maximum atomic E-state index is 12.5. The number of ether oxygens (including phenoxy) is 2. The molecule has 9 heteroatoms. The molecule has 324 valence electrons. The molecule has 0 saturated carbocycles. The monoisotopic (exact) mass is 790 g/mol. The summed E-state index contributed by atoms with van der Waals surface area (Å²) in [6.07, 6.45) is 41.7. The van der Waals surface area contributed by atoms with Crippen molar-refractivity contribution in [1.29, 1.82) is 0 Å². The molecule has 0 aliphatic carbocycles. The zero-order chi connectivity index (χ0) is 39.9. The third-order valence-corrected chi connectivity index (χ3v) is 11.4. The van der Waals surface area contributed by atoms with Gasteiger partial charge in [-0.05, 0) is 12.8 Å². The van der Waals surface area contributed by atoms with Crippen LogP contribution in [0.15, 0.2) is 0 Å². The van der Waals surface area contributed by atoms with Crippen LogP contribution in [0.5, 0.6) is 0 Å². The lowest BCUT2D eigenvalue weighted by atomic mass is 10.0. The Hall–Kier alpha value is -0.500. The highest BCUT2D eigenvalue weighted by atomic mass is 31.2. The number of phosphoric acid groups is 1. The van der Waals surface area contributed by atoms with Crippen molar-refractivity contribution >= 4 is 13.8 Å². The van der Waals surface area contributed by atoms with Gasteiger partial charge in [-0.3, -0.25) is 9.36 Å². The van der Waals surface area contributed by atoms with E-state index in [2.05, 4.69) is 13.8 Å². The molecule has 0 aromatic rings. The van der Waals surface area contributed by atoms with Gasteiger partial charge < -0.3 is 27.9 Å². The van der Waals surface area contributed by atoms with Crippen molar-refractivity contribution in [3.8, 4) is 0 Å². The summed E-state index contributed by atoms with van der Waals surface area (Å²) in [5, 5.41) is 0. The van der Waals surface area contributed by atoms with Crippen LogP contribution in [0.1, 0.15) is 226 Å². The molecule has 0 spiro atoms. The molecule has 0 N–H and O–H groups in total. The second kappa shape index (κ2) is 39.3. The first-order valence-electron chi connectivity index (χ1n) is 23.3. The fourth-order valence-corrected chi connectivity index (χ4v) is 7.51. The Morgan fingerprint density at radius 1 is 0.500 bits per heavy atom. The SMILES string of the molecule is CCCCCCCCCCCCCCCCCCCCCCCCCCCCOCC(COP(=O)([O-])OCC[N+](C)(C)C)OC(=O)CCCCCCCC. The number of esters is 1. The molecule has 0 bridgehead atoms. The second-order valence-corrected chi connectivity index (χ2v) is 18.5. The van der Waals surface area contributed by atoms with E-state index in [1.165, 1.54) is 173 Å². The molecule has 0 rings (SSSR count). The lowest BCUT2D eigenvalue weighted by Crippen LogP contribution is -2.37. The van der Waals surface area contributed by atoms with Gasteiger partial charge in [-0.15, -0.1) is 0 Å². The summed E-state index contributed by atoms with van der Waals surface area (Å²) < 4.78 is 34.4. The van der Waals surface area contributed by atoms with E-state index in [9.17, 15) is 14.3 Å². The molecular formula is C45H92NO7P. The molecule has 8 nitrogen and oxygen atoms in total. The molecule has 2 unspecified atom stereocenters. The van der Waals surface area contributed by atoms with Gasteiger partial charge in [0.1, 0.15) is 19.3 Å². The predicted molar refractivity (Wildman–Crippen MR) is 227 cm³/mol. The van der Waals surface area contributed by atoms with E-state index in [4.69, 9.17) is 18.5 Å². The number of carbonyl (C=O) groups excluding carboxylic acids is 1. The van der Waals surface area contributed by atoms with Gasteiger partial charge >= 0.3 is 5.97 Å². The Morgan fingerprint density at radius 3 is 1.22 bits per heavy atom. The summed E-state index contributed by atoms with van der Waals surface area (Å²) in [6, 6.07) is 0. The van der Waals surface area contributed by atoms with E-state index in [1.54, 1.807) is 0 Å². The highest BCUT2D eigenvalue weighted by Crippen LogP contribution is 2.38. The van der Waals surface area contributed by atoms with E-state index < -0.39 is 13.9 Å². The quantitative estimate of drug-likeness (QED) is 0.0262. The van der Waals surface area contributed by atoms with Gasteiger partial charge in [0.25, 0.3) is 7.82 Å². The van der Waals surface area contributed by atoms with Gasteiger partial charge in [-0.25, -0.2) is 0 Å². The van der Waals surface area contributed by atoms with E-state index >= 15 is 0 Å². The van der Waals surface area contributed by atoms with Crippen molar-refractivity contribution in [2.24, 2.45) is 0 Å². The molecule has 0 radical (unpaired) electrons. The van der Waals surface area contributed by atoms with Gasteiger partial charge in [0.15, 0.2) is 0 Å². The van der Waals surface area contributed by atoms with Crippen LogP contribution in [0.25, 0.3) is 0 Å². The van der Waals surface area contributed by atoms with Crippen molar-refractivity contribution in [2.45, 2.75) is 232 Å². The predicted octanol–water partition coefficient (Wildman–Crippen LogP) is 13.0. The Bertz CT molecular complexity index is 837. The van der Waals surface area contributed by atoms with Crippen LogP contribution in [-0.2, 0) is 27.9 Å². The fourth-order valence-electron chi connectivity index (χ4n) is 6.78. The van der Waals surface area contributed by atoms with Crippen LogP contribution in [0.4, 0.5) is 0 Å². The zero-order valence-corrected chi connectivity index (χ0v) is 37.6. The van der Waals surface area contributed by atoms with Gasteiger partial charge in [0.05, 0.1) is 34.4 Å². The third-order valence-electron chi connectivity index (χ3n) is 10.4. The normalized spacial score (nSPS) is 13.7. The second-order valence-electron chi connectivity index (χ2n) is 17.1. The first kappa shape index (κ1) is 53.5. The van der Waals surface area contributed by atoms with Crippen LogP contribution < -0.4 is 4.89 Å². The van der Waals surface area contributed by atoms with Crippen LogP contribution in [0.3, 0.4) is 0 Å². The Balaban J connectivity index is 3.83. The van der Waals surface area contributed by atoms with Crippen molar-refractivity contribution in [3.63, 3.8) is 0 Å². The zero-order valence-electron chi connectivity index (χ0n) is 36.7. The lowest BCUT2D eigenvalue weighted by molar-refractivity contribution is -0.870. The molecule has 0 heterocycles. The Kier molecular flexibility index (Phi) is 39.0. The van der Waals surface area contributed by atoms with Crippen molar-refractivity contribution in [2.75, 3.05) is 54.1 Å². The smallest absolute Gasteiger partial charge is 0.306 e. The number of quaternary nitrogens is 1. The minimum absolute atomic E-state index is 0.0306. The first-order chi connectivity index (χ1) is 26.1. The van der Waals surface area contributed by atoms with E-state index in [-0.39, 0.29) is 25.8 Å². The molecule has 2 atom stereocenters. The van der Waals surface area contributed by atoms with Crippen LogP contribution in [-0.4, -0.2) is 70.7 Å². The number of rotatable bonds is 44. The minimum atomic E-state index is -4.51. The average molecular weight is 790 g/mol. The number of unbranched alkanes of at least 4 members (excludes halogenated alkanes) is 30. The van der Waals surface area contributed by atoms with Crippen molar-refractivity contribution in [3.05, 3.63) is 0 Å². The molecule has 0 saturated heterocycles. The van der Waals surface area contributed by atoms with Crippen molar-refractivity contribution < 1.29 is 37.3 Å². The third kappa shape index (κ3) is 42.6. The molecule has 0 aliphatic rings. The lowest BCUT2D eigenvalue weighted by Gasteiger charge is -2.28. The summed E-state index contributed by atoms with van der Waals surface area (Å²) in [4.78, 5) is 24.8. The molecule has 0 aliphatic heterocycles. The van der Waals surface area contributed by atoms with Gasteiger partial charge in [-0.2, -0.15) is 0 Å². The minimum Gasteiger partial charge on any atom is -0.756 e. The highest BCUT2D eigenvalue weighted by Gasteiger charge is 2.20. The summed E-state index contributed by atoms with van der Waals surface area (Å²) in [6.45, 7) is 5.40. The summed E-state index contributed by atoms with van der Waals surface area (Å²) >= 11 is 0. The molecule has 54 heavy (non-hydrogen) atoms. The maximum absolute atomic E-state index is 12.5. The first-order valence-corrected chi connectivity index (χ1v) is 24.7. The number of carbonyl (C=O) groups is 1. The van der Waals surface area contributed by atoms with E-state index in [0.717, 1.165) is 32.1 Å². The number of likely N-dealkylation sites (N-methyl/N-ethyl adjacent to an activating group) is 1. The number of hydrogen-bond donors (Lipinski definition) is 0. The molecular weight excluding hydrogens is 697 g/mol. The Labute approximate surface area is 336 Å². The fraction of sp³-hybridized carbons (Fsp3) is 0.978. The molecule has 0 aromatic heterocycles. The van der Waals surface area contributed by atoms with Crippen molar-refractivity contribution in [1.82, 2.24) is 0 Å². The van der Waals surface area contributed by atoms with Gasteiger partial charge in [-0.1, -0.05) is 206 Å². The van der Waals surface area contributed by atoms with Gasteiger partial charge in [0.2, 0.25) is 0 Å². The summed E-state index contributed by atoms with van der Waals surface area (Å²) in [5.74, 6) is -0.338. The largest absolute Gasteiger partial charge is 0.756 e. The van der Waals surface area contributed by atoms with Crippen LogP contribution in [0, 0.1) is 0 Å². The summed E-state index contributed by atoms with van der Waals surface area (Å²) in [7, 11) is 1.37. The van der Waals surface area contributed by atoms with E-state index in [1.807, 2.05) is 21.1 Å². The van der Waals surface area contributed by atoms with E-state index in [0.29, 0.717) is 24.1 Å². The van der Waals surface area contributed by atoms with Crippen LogP contribution >= 0.6 is 7.82 Å². The molecule has 0 aromatic carbocycles. The number of hydrogen-bond acceptors (Lipinski definition) is 7. The summed E-state index contributed by atoms with van der Waals surface area (Å²) in [5.41, 5.74) is 0. The molecule has 0 amide bonds. The number of nitrogens with zero attached hydrogens (tertiary/aromatic N) is 1. The number of phosphoric ester groups is 1. The standard InChI is InChI=1S/C45H92NO7P/c1-6-8-10-12-14-15-16-17-18-19-20-21-22-23-24-25-26-27-28-29-30-31-32-33-35-37-40-50-42-44(53-45(47)38-36-34-13-11-9-7-2)43-52-54(48,49)51-41-39-46(3,4)5/h44H,6-43H2,1-5H3. The van der Waals surface area contributed by atoms with Crippen LogP contribution in [0.2, 0.25) is 0 Å². The average Bonchev–Trinajstić information content (AvgIpc) is 3.12. The topological polar surface area (TPSA) is 94.1 Å². The maximum Gasteiger partial charge on any atom is 0.306 e.